The Morgan fingerprint density at radius 2 is 1.67 bits per heavy atom. The molecule has 36 heavy (non-hydrogen) atoms. The third kappa shape index (κ3) is 6.02. The first-order valence-electron chi connectivity index (χ1n) is 10.2. The fourth-order valence-corrected chi connectivity index (χ4v) is 4.15. The number of benzene rings is 3. The van der Waals surface area contributed by atoms with Crippen molar-refractivity contribution in [1.82, 2.24) is 0 Å². The Bertz CT molecular complexity index is 1430. The lowest BCUT2D eigenvalue weighted by molar-refractivity contribution is -0.114. The zero-order chi connectivity index (χ0) is 26.1. The smallest absolute Gasteiger partial charge is 0.277 e. The van der Waals surface area contributed by atoms with Gasteiger partial charge in [-0.15, -0.1) is 5.11 Å². The Labute approximate surface area is 206 Å². The van der Waals surface area contributed by atoms with E-state index < -0.39 is 15.9 Å². The van der Waals surface area contributed by atoms with Crippen LogP contribution in [0.25, 0.3) is 16.5 Å². The maximum Gasteiger partial charge on any atom is 0.277 e. The fraction of sp³-hybridized carbons (Fsp3) is 0.0455. The first-order chi connectivity index (χ1) is 17.3. The van der Waals surface area contributed by atoms with Crippen LogP contribution in [0, 0.1) is 0 Å². The van der Waals surface area contributed by atoms with Crippen LogP contribution in [0.4, 0.5) is 17.1 Å². The van der Waals surface area contributed by atoms with Crippen molar-refractivity contribution in [1.29, 1.82) is 0 Å². The molecule has 0 saturated carbocycles. The SMILES string of the molecule is [N-]=[N+]=NCc1ccc(S(=O)(=O)N(N)c2ccc(/C=C/C(=O)N(N)c3ccccc3N=NN)cc2)cc1. The van der Waals surface area contributed by atoms with Gasteiger partial charge >= 0.3 is 0 Å². The number of azide groups is 1. The average Bonchev–Trinajstić information content (AvgIpc) is 2.90. The molecule has 0 aliphatic carbocycles. The molecular weight excluding hydrogens is 484 g/mol. The molecule has 0 fully saturated rings. The van der Waals surface area contributed by atoms with Crippen molar-refractivity contribution in [2.45, 2.75) is 11.4 Å². The molecule has 6 N–H and O–H groups in total. The number of hydrazine groups is 2. The second kappa shape index (κ2) is 11.6. The Kier molecular flexibility index (Phi) is 8.33. The predicted octanol–water partition coefficient (Wildman–Crippen LogP) is 3.44. The molecule has 0 heterocycles. The highest BCUT2D eigenvalue weighted by molar-refractivity contribution is 7.92. The molecule has 0 atom stereocenters. The highest BCUT2D eigenvalue weighted by atomic mass is 32.2. The van der Waals surface area contributed by atoms with Crippen LogP contribution in [0.1, 0.15) is 11.1 Å². The van der Waals surface area contributed by atoms with Crippen molar-refractivity contribution >= 4 is 39.1 Å². The van der Waals surface area contributed by atoms with E-state index in [1.165, 1.54) is 36.4 Å². The average molecular weight is 507 g/mol. The summed E-state index contributed by atoms with van der Waals surface area (Å²) in [5.41, 5.74) is 10.5. The molecule has 1 amide bonds. The van der Waals surface area contributed by atoms with Crippen LogP contribution < -0.4 is 27.0 Å². The van der Waals surface area contributed by atoms with E-state index in [-0.39, 0.29) is 17.1 Å². The van der Waals surface area contributed by atoms with Crippen molar-refractivity contribution in [2.24, 2.45) is 33.0 Å². The van der Waals surface area contributed by atoms with Crippen molar-refractivity contribution in [3.05, 3.63) is 100 Å². The minimum absolute atomic E-state index is 0.0262. The van der Waals surface area contributed by atoms with Gasteiger partial charge in [0.05, 0.1) is 22.8 Å². The second-order valence-corrected chi connectivity index (χ2v) is 8.99. The Hall–Kier alpha value is -4.75. The number of amides is 1. The third-order valence-corrected chi connectivity index (χ3v) is 6.50. The van der Waals surface area contributed by atoms with Gasteiger partial charge in [0.25, 0.3) is 15.9 Å². The standard InChI is InChI=1S/C22H22N10O3S/c23-29-27-15-17-7-12-19(13-8-17)36(34,35)32(26)18-10-5-16(6-11-18)9-14-22(33)31(25)21-4-2-1-3-20(21)28-30-24/h1-14H,15,25-26H2,(H2,24,28)/b14-9+. The molecule has 0 unspecified atom stereocenters. The highest BCUT2D eigenvalue weighted by Gasteiger charge is 2.22. The Balaban J connectivity index is 1.72. The van der Waals surface area contributed by atoms with E-state index in [1.54, 1.807) is 48.5 Å². The van der Waals surface area contributed by atoms with E-state index in [0.29, 0.717) is 26.9 Å². The summed E-state index contributed by atoms with van der Waals surface area (Å²) in [4.78, 5) is 15.1. The van der Waals surface area contributed by atoms with Crippen molar-refractivity contribution < 1.29 is 13.2 Å². The number of anilines is 2. The first kappa shape index (κ1) is 25.9. The second-order valence-electron chi connectivity index (χ2n) is 7.17. The summed E-state index contributed by atoms with van der Waals surface area (Å²) in [6.07, 6.45) is 2.76. The van der Waals surface area contributed by atoms with Crippen LogP contribution in [-0.4, -0.2) is 14.3 Å². The molecule has 13 nitrogen and oxygen atoms in total. The van der Waals surface area contributed by atoms with Gasteiger partial charge in [-0.2, -0.15) is 8.42 Å². The molecule has 3 aromatic rings. The number of sulfonamides is 1. The fourth-order valence-electron chi connectivity index (χ4n) is 3.05. The van der Waals surface area contributed by atoms with Crippen LogP contribution in [0.3, 0.4) is 0 Å². The van der Waals surface area contributed by atoms with Crippen LogP contribution in [0.2, 0.25) is 0 Å². The highest BCUT2D eigenvalue weighted by Crippen LogP contribution is 2.27. The maximum absolute atomic E-state index is 12.9. The molecular formula is C22H22N10O3S. The topological polar surface area (TPSA) is 209 Å². The molecule has 0 aliphatic heterocycles. The van der Waals surface area contributed by atoms with Gasteiger partial charge in [-0.3, -0.25) is 4.79 Å². The largest absolute Gasteiger partial charge is 0.305 e. The zero-order valence-corrected chi connectivity index (χ0v) is 19.6. The van der Waals surface area contributed by atoms with Crippen molar-refractivity contribution in [3.8, 4) is 0 Å². The maximum atomic E-state index is 12.9. The number of nitrogens with zero attached hydrogens (tertiary/aromatic N) is 7. The summed E-state index contributed by atoms with van der Waals surface area (Å²) >= 11 is 0. The minimum atomic E-state index is -4.03. The summed E-state index contributed by atoms with van der Waals surface area (Å²) in [7, 11) is -4.03. The molecule has 0 spiro atoms. The summed E-state index contributed by atoms with van der Waals surface area (Å²) in [5, 5.41) is 11.3. The molecule has 3 rings (SSSR count). The number of carbonyl (C=O) groups is 1. The van der Waals surface area contributed by atoms with Crippen LogP contribution >= 0.6 is 0 Å². The first-order valence-corrected chi connectivity index (χ1v) is 11.7. The number of hydrogen-bond donors (Lipinski definition) is 3. The summed E-state index contributed by atoms with van der Waals surface area (Å²) in [6, 6.07) is 18.6. The van der Waals surface area contributed by atoms with Gasteiger partial charge < -0.3 is 5.84 Å². The zero-order valence-electron chi connectivity index (χ0n) is 18.8. The molecule has 0 aliphatic rings. The van der Waals surface area contributed by atoms with E-state index in [0.717, 1.165) is 5.01 Å². The summed E-state index contributed by atoms with van der Waals surface area (Å²) in [6.45, 7) is 0.105. The normalized spacial score (nSPS) is 11.4. The molecule has 0 aromatic heterocycles. The van der Waals surface area contributed by atoms with E-state index in [1.807, 2.05) is 0 Å². The van der Waals surface area contributed by atoms with Gasteiger partial charge in [-0.25, -0.2) is 21.1 Å². The molecule has 0 radical (unpaired) electrons. The molecule has 0 saturated heterocycles. The summed E-state index contributed by atoms with van der Waals surface area (Å²) in [5.74, 6) is 16.4. The van der Waals surface area contributed by atoms with E-state index in [4.69, 9.17) is 23.1 Å². The number of carbonyl (C=O) groups excluding carboxylic acids is 1. The van der Waals surface area contributed by atoms with Crippen molar-refractivity contribution in [2.75, 3.05) is 9.42 Å². The lowest BCUT2D eigenvalue weighted by atomic mass is 10.2. The third-order valence-electron chi connectivity index (χ3n) is 4.91. The lowest BCUT2D eigenvalue weighted by Gasteiger charge is -2.19. The molecule has 14 heteroatoms. The van der Waals surface area contributed by atoms with Gasteiger partial charge in [0.2, 0.25) is 0 Å². The van der Waals surface area contributed by atoms with E-state index >= 15 is 0 Å². The number of para-hydroxylation sites is 1. The monoisotopic (exact) mass is 506 g/mol. The van der Waals surface area contributed by atoms with Gasteiger partial charge in [0.1, 0.15) is 5.69 Å². The van der Waals surface area contributed by atoms with Crippen LogP contribution in [0.15, 0.2) is 99.2 Å². The van der Waals surface area contributed by atoms with E-state index in [9.17, 15) is 13.2 Å². The predicted molar refractivity (Wildman–Crippen MR) is 135 cm³/mol. The number of hydrogen-bond acceptors (Lipinski definition) is 8. The quantitative estimate of drug-likeness (QED) is 0.0752. The molecule has 0 bridgehead atoms. The number of nitrogens with two attached hydrogens (primary N) is 3. The van der Waals surface area contributed by atoms with Crippen LogP contribution in [-0.2, 0) is 21.4 Å². The Morgan fingerprint density at radius 3 is 2.31 bits per heavy atom. The Morgan fingerprint density at radius 1 is 1.00 bits per heavy atom. The summed E-state index contributed by atoms with van der Waals surface area (Å²) < 4.78 is 26.4. The van der Waals surface area contributed by atoms with Gasteiger partial charge in [0, 0.05) is 11.0 Å². The van der Waals surface area contributed by atoms with Gasteiger partial charge in [-0.1, -0.05) is 46.7 Å². The number of rotatable bonds is 9. The minimum Gasteiger partial charge on any atom is -0.305 e. The lowest BCUT2D eigenvalue weighted by Crippen LogP contribution is -2.37. The molecule has 3 aromatic carbocycles. The van der Waals surface area contributed by atoms with E-state index in [2.05, 4.69) is 20.4 Å². The van der Waals surface area contributed by atoms with Gasteiger partial charge in [0.15, 0.2) is 0 Å². The van der Waals surface area contributed by atoms with Crippen molar-refractivity contribution in [3.63, 3.8) is 0 Å². The molecule has 184 valence electrons. The van der Waals surface area contributed by atoms with Gasteiger partial charge in [-0.05, 0) is 59.1 Å². The van der Waals surface area contributed by atoms with Crippen LogP contribution in [0.5, 0.6) is 0 Å².